The molecule has 0 spiro atoms. The van der Waals surface area contributed by atoms with Crippen LogP contribution in [0.15, 0.2) is 54.6 Å². The number of ether oxygens (including phenoxy) is 2. The summed E-state index contributed by atoms with van der Waals surface area (Å²) in [5.74, 6) is 1.49. The van der Waals surface area contributed by atoms with Crippen LogP contribution in [0.5, 0.6) is 5.75 Å². The molecule has 2 heteroatoms. The molecule has 0 aliphatic heterocycles. The van der Waals surface area contributed by atoms with Crippen molar-refractivity contribution in [1.29, 1.82) is 0 Å². The highest BCUT2D eigenvalue weighted by atomic mass is 16.7. The van der Waals surface area contributed by atoms with Crippen LogP contribution in [0.2, 0.25) is 0 Å². The molecule has 2 rings (SSSR count). The molecule has 0 saturated heterocycles. The Morgan fingerprint density at radius 2 is 1.52 bits per heavy atom. The second-order valence-corrected chi connectivity index (χ2v) is 5.78. The Balaban J connectivity index is 2.08. The van der Waals surface area contributed by atoms with Gasteiger partial charge in [0.05, 0.1) is 0 Å². The molecule has 124 valence electrons. The van der Waals surface area contributed by atoms with E-state index in [4.69, 9.17) is 9.47 Å². The number of benzene rings is 2. The molecule has 2 aromatic rings. The van der Waals surface area contributed by atoms with Crippen LogP contribution < -0.4 is 4.74 Å². The van der Waals surface area contributed by atoms with E-state index < -0.39 is 0 Å². The zero-order valence-corrected chi connectivity index (χ0v) is 14.5. The van der Waals surface area contributed by atoms with Crippen LogP contribution in [0.3, 0.4) is 0 Å². The van der Waals surface area contributed by atoms with Gasteiger partial charge in [-0.15, -0.1) is 0 Å². The van der Waals surface area contributed by atoms with E-state index in [9.17, 15) is 0 Å². The van der Waals surface area contributed by atoms with Crippen molar-refractivity contribution >= 4 is 0 Å². The Bertz CT molecular complexity index is 548. The minimum atomic E-state index is -0.357. The molecule has 2 unspecified atom stereocenters. The van der Waals surface area contributed by atoms with Crippen LogP contribution in [0.4, 0.5) is 0 Å². The summed E-state index contributed by atoms with van der Waals surface area (Å²) in [5, 5.41) is 0. The lowest BCUT2D eigenvalue weighted by molar-refractivity contribution is -0.0786. The first-order valence-electron chi connectivity index (χ1n) is 8.71. The van der Waals surface area contributed by atoms with E-state index in [0.717, 1.165) is 11.3 Å². The summed E-state index contributed by atoms with van der Waals surface area (Å²) in [6.45, 7) is 7.10. The van der Waals surface area contributed by atoms with Gasteiger partial charge in [0.15, 0.2) is 0 Å². The summed E-state index contributed by atoms with van der Waals surface area (Å²) in [4.78, 5) is 0. The zero-order valence-electron chi connectivity index (χ0n) is 14.5. The first-order chi connectivity index (χ1) is 11.3. The number of rotatable bonds is 9. The summed E-state index contributed by atoms with van der Waals surface area (Å²) < 4.78 is 11.8. The monoisotopic (exact) mass is 312 g/mol. The first kappa shape index (κ1) is 17.6. The predicted octanol–water partition coefficient (Wildman–Crippen LogP) is 6.09. The first-order valence-corrected chi connectivity index (χ1v) is 8.71. The molecule has 0 bridgehead atoms. The summed E-state index contributed by atoms with van der Waals surface area (Å²) >= 11 is 0. The molecule has 0 heterocycles. The molecule has 0 aliphatic rings. The van der Waals surface area contributed by atoms with E-state index in [0.29, 0.717) is 12.5 Å². The largest absolute Gasteiger partial charge is 0.461 e. The van der Waals surface area contributed by atoms with Crippen molar-refractivity contribution in [2.24, 2.45) is 0 Å². The van der Waals surface area contributed by atoms with E-state index >= 15 is 0 Å². The smallest absolute Gasteiger partial charge is 0.226 e. The molecular weight excluding hydrogens is 284 g/mol. The van der Waals surface area contributed by atoms with E-state index in [-0.39, 0.29) is 6.29 Å². The molecule has 2 nitrogen and oxygen atoms in total. The maximum atomic E-state index is 6.05. The van der Waals surface area contributed by atoms with Gasteiger partial charge in [-0.3, -0.25) is 0 Å². The molecule has 0 saturated carbocycles. The van der Waals surface area contributed by atoms with Gasteiger partial charge in [-0.25, -0.2) is 0 Å². The second-order valence-electron chi connectivity index (χ2n) is 5.78. The molecule has 0 fully saturated rings. The van der Waals surface area contributed by atoms with Gasteiger partial charge in [0.25, 0.3) is 0 Å². The Morgan fingerprint density at radius 3 is 2.09 bits per heavy atom. The van der Waals surface area contributed by atoms with Gasteiger partial charge in [-0.1, -0.05) is 62.7 Å². The molecule has 0 aliphatic carbocycles. The molecule has 0 N–H and O–H groups in total. The van der Waals surface area contributed by atoms with Crippen molar-refractivity contribution in [2.45, 2.75) is 52.2 Å². The lowest BCUT2D eigenvalue weighted by Crippen LogP contribution is -2.11. The molecule has 23 heavy (non-hydrogen) atoms. The fraction of sp³-hybridized carbons (Fsp3) is 0.429. The fourth-order valence-corrected chi connectivity index (χ4v) is 2.86. The summed E-state index contributed by atoms with van der Waals surface area (Å²) in [5.41, 5.74) is 2.44. The van der Waals surface area contributed by atoms with Crippen molar-refractivity contribution in [3.05, 3.63) is 65.7 Å². The van der Waals surface area contributed by atoms with Crippen molar-refractivity contribution in [3.8, 4) is 5.75 Å². The van der Waals surface area contributed by atoms with Gasteiger partial charge in [-0.05, 0) is 43.4 Å². The second kappa shape index (κ2) is 9.36. The maximum Gasteiger partial charge on any atom is 0.226 e. The van der Waals surface area contributed by atoms with E-state index in [2.05, 4.69) is 38.1 Å². The summed E-state index contributed by atoms with van der Waals surface area (Å²) in [6, 6.07) is 18.6. The third kappa shape index (κ3) is 5.11. The van der Waals surface area contributed by atoms with E-state index in [1.165, 1.54) is 24.8 Å². The highest BCUT2D eigenvalue weighted by Gasteiger charge is 2.14. The molecular formula is C21H28O2. The van der Waals surface area contributed by atoms with Gasteiger partial charge in [0.1, 0.15) is 5.75 Å². The summed E-state index contributed by atoms with van der Waals surface area (Å²) in [6.07, 6.45) is 3.28. The van der Waals surface area contributed by atoms with Crippen LogP contribution in [-0.4, -0.2) is 6.61 Å². The third-order valence-electron chi connectivity index (χ3n) is 4.11. The fourth-order valence-electron chi connectivity index (χ4n) is 2.86. The van der Waals surface area contributed by atoms with Gasteiger partial charge in [0.2, 0.25) is 6.29 Å². The Labute approximate surface area is 140 Å². The van der Waals surface area contributed by atoms with Crippen molar-refractivity contribution in [3.63, 3.8) is 0 Å². The minimum absolute atomic E-state index is 0.357. The molecule has 0 radical (unpaired) electrons. The van der Waals surface area contributed by atoms with E-state index in [1.807, 2.05) is 37.3 Å². The van der Waals surface area contributed by atoms with Crippen molar-refractivity contribution < 1.29 is 9.47 Å². The van der Waals surface area contributed by atoms with E-state index in [1.54, 1.807) is 0 Å². The molecule has 0 amide bonds. The Hall–Kier alpha value is -1.80. The van der Waals surface area contributed by atoms with Gasteiger partial charge >= 0.3 is 0 Å². The SMILES string of the molecule is CCCC(CC)c1ccc(OC(OCC)c2ccccc2)cc1. The minimum Gasteiger partial charge on any atom is -0.461 e. The standard InChI is InChI=1S/C21H28O2/c1-4-10-17(5-2)18-13-15-20(16-14-18)23-21(22-6-3)19-11-8-7-9-12-19/h7-9,11-17,21H,4-6,10H2,1-3H3. The maximum absolute atomic E-state index is 6.05. The molecule has 2 atom stereocenters. The Morgan fingerprint density at radius 1 is 0.826 bits per heavy atom. The van der Waals surface area contributed by atoms with Crippen LogP contribution in [-0.2, 0) is 4.74 Å². The lowest BCUT2D eigenvalue weighted by Gasteiger charge is -2.20. The average Bonchev–Trinajstić information content (AvgIpc) is 2.61. The van der Waals surface area contributed by atoms with Crippen LogP contribution in [0.25, 0.3) is 0 Å². The average molecular weight is 312 g/mol. The topological polar surface area (TPSA) is 18.5 Å². The normalized spacial score (nSPS) is 13.5. The van der Waals surface area contributed by atoms with Crippen LogP contribution in [0, 0.1) is 0 Å². The van der Waals surface area contributed by atoms with Crippen molar-refractivity contribution in [2.75, 3.05) is 6.61 Å². The summed E-state index contributed by atoms with van der Waals surface area (Å²) in [7, 11) is 0. The highest BCUT2D eigenvalue weighted by Crippen LogP contribution is 2.28. The predicted molar refractivity (Wildman–Crippen MR) is 95.8 cm³/mol. The van der Waals surface area contributed by atoms with Crippen molar-refractivity contribution in [1.82, 2.24) is 0 Å². The molecule has 0 aromatic heterocycles. The van der Waals surface area contributed by atoms with Crippen LogP contribution in [0.1, 0.15) is 63.4 Å². The van der Waals surface area contributed by atoms with Crippen LogP contribution >= 0.6 is 0 Å². The van der Waals surface area contributed by atoms with Gasteiger partial charge in [0, 0.05) is 12.2 Å². The number of hydrogen-bond donors (Lipinski definition) is 0. The third-order valence-corrected chi connectivity index (χ3v) is 4.11. The zero-order chi connectivity index (χ0) is 16.5. The highest BCUT2D eigenvalue weighted by molar-refractivity contribution is 5.30. The molecule has 2 aromatic carbocycles. The quantitative estimate of drug-likeness (QED) is 0.521. The lowest BCUT2D eigenvalue weighted by atomic mass is 9.92. The number of hydrogen-bond acceptors (Lipinski definition) is 2. The van der Waals surface area contributed by atoms with Gasteiger partial charge in [-0.2, -0.15) is 0 Å². The Kier molecular flexibility index (Phi) is 7.15. The van der Waals surface area contributed by atoms with Gasteiger partial charge < -0.3 is 9.47 Å².